The first-order valence-corrected chi connectivity index (χ1v) is 17.3. The van der Waals surface area contributed by atoms with Crippen molar-refractivity contribution >= 4 is 21.8 Å². The van der Waals surface area contributed by atoms with Crippen LogP contribution in [0.25, 0.3) is 61.4 Å². The molecule has 0 fully saturated rings. The lowest BCUT2D eigenvalue weighted by atomic mass is 9.65. The second-order valence-electron chi connectivity index (χ2n) is 13.3. The summed E-state index contributed by atoms with van der Waals surface area (Å²) in [4.78, 5) is 10.6. The molecule has 0 bridgehead atoms. The average Bonchev–Trinajstić information content (AvgIpc) is 3.69. The fourth-order valence-corrected chi connectivity index (χ4v) is 8.67. The molecule has 0 atom stereocenters. The summed E-state index contributed by atoms with van der Waals surface area (Å²) in [5, 5.41) is 2.36. The molecule has 4 nitrogen and oxygen atoms in total. The van der Waals surface area contributed by atoms with Gasteiger partial charge in [-0.05, 0) is 52.6 Å². The molecule has 51 heavy (non-hydrogen) atoms. The van der Waals surface area contributed by atoms with Gasteiger partial charge in [0.2, 0.25) is 5.95 Å². The average molecular weight is 652 g/mol. The molecule has 11 rings (SSSR count). The predicted octanol–water partition coefficient (Wildman–Crippen LogP) is 11.4. The SMILES string of the molecule is c1ccc(-c2cc(-c3ccccc3)nc(-n3c4ccccc4c4c5c(ccc43)-c3ccccc3C53c4ccccc4Oc4ccccc43)n2)cc1. The van der Waals surface area contributed by atoms with Crippen molar-refractivity contribution in [3.63, 3.8) is 0 Å². The molecule has 238 valence electrons. The number of nitrogens with zero attached hydrogens (tertiary/aromatic N) is 3. The maximum Gasteiger partial charge on any atom is 0.235 e. The Hall–Kier alpha value is -6.78. The van der Waals surface area contributed by atoms with Crippen LogP contribution in [-0.2, 0) is 5.41 Å². The van der Waals surface area contributed by atoms with Crippen LogP contribution in [0.4, 0.5) is 0 Å². The van der Waals surface area contributed by atoms with Crippen molar-refractivity contribution in [1.29, 1.82) is 0 Å². The van der Waals surface area contributed by atoms with E-state index in [0.29, 0.717) is 5.95 Å². The summed E-state index contributed by atoms with van der Waals surface area (Å²) in [7, 11) is 0. The summed E-state index contributed by atoms with van der Waals surface area (Å²) in [6.45, 7) is 0. The van der Waals surface area contributed by atoms with Gasteiger partial charge in [-0.3, -0.25) is 4.57 Å². The molecule has 0 saturated heterocycles. The monoisotopic (exact) mass is 651 g/mol. The third kappa shape index (κ3) is 3.84. The van der Waals surface area contributed by atoms with Crippen LogP contribution in [0.3, 0.4) is 0 Å². The Morgan fingerprint density at radius 1 is 0.451 bits per heavy atom. The quantitative estimate of drug-likeness (QED) is 0.191. The molecule has 0 N–H and O–H groups in total. The van der Waals surface area contributed by atoms with Crippen LogP contribution >= 0.6 is 0 Å². The van der Waals surface area contributed by atoms with E-state index in [2.05, 4.69) is 168 Å². The summed E-state index contributed by atoms with van der Waals surface area (Å²) < 4.78 is 8.92. The maximum atomic E-state index is 6.65. The number of fused-ring (bicyclic) bond motifs is 13. The van der Waals surface area contributed by atoms with Gasteiger partial charge < -0.3 is 4.74 Å². The van der Waals surface area contributed by atoms with Crippen molar-refractivity contribution in [2.45, 2.75) is 5.41 Å². The van der Waals surface area contributed by atoms with Gasteiger partial charge in [-0.15, -0.1) is 0 Å². The smallest absolute Gasteiger partial charge is 0.235 e. The van der Waals surface area contributed by atoms with Gasteiger partial charge in [0.25, 0.3) is 0 Å². The number of hydrogen-bond donors (Lipinski definition) is 0. The zero-order valence-electron chi connectivity index (χ0n) is 27.5. The van der Waals surface area contributed by atoms with Crippen LogP contribution in [0, 0.1) is 0 Å². The fourth-order valence-electron chi connectivity index (χ4n) is 8.67. The van der Waals surface area contributed by atoms with Crippen molar-refractivity contribution < 1.29 is 4.74 Å². The highest BCUT2D eigenvalue weighted by Gasteiger charge is 2.52. The fraction of sp³-hybridized carbons (Fsp3) is 0.0213. The molecule has 4 heteroatoms. The number of rotatable bonds is 3. The molecule has 7 aromatic carbocycles. The molecule has 0 amide bonds. The van der Waals surface area contributed by atoms with E-state index in [1.54, 1.807) is 0 Å². The molecular weight excluding hydrogens is 623 g/mol. The molecule has 9 aromatic rings. The number of para-hydroxylation sites is 3. The summed E-state index contributed by atoms with van der Waals surface area (Å²) in [6, 6.07) is 62.1. The molecule has 2 aromatic heterocycles. The van der Waals surface area contributed by atoms with Crippen LogP contribution in [0.1, 0.15) is 22.3 Å². The van der Waals surface area contributed by atoms with Gasteiger partial charge in [-0.25, -0.2) is 9.97 Å². The Kier molecular flexibility index (Phi) is 5.84. The number of hydrogen-bond acceptors (Lipinski definition) is 3. The molecule has 1 aliphatic heterocycles. The Labute approximate surface area is 294 Å². The van der Waals surface area contributed by atoms with E-state index in [0.717, 1.165) is 61.6 Å². The minimum Gasteiger partial charge on any atom is -0.457 e. The van der Waals surface area contributed by atoms with Crippen LogP contribution in [0.2, 0.25) is 0 Å². The highest BCUT2D eigenvalue weighted by molar-refractivity contribution is 6.15. The van der Waals surface area contributed by atoms with Crippen molar-refractivity contribution in [2.24, 2.45) is 0 Å². The van der Waals surface area contributed by atoms with Crippen LogP contribution in [0.15, 0.2) is 176 Å². The second kappa shape index (κ2) is 10.6. The van der Waals surface area contributed by atoms with E-state index in [1.165, 1.54) is 27.6 Å². The number of benzene rings is 7. The van der Waals surface area contributed by atoms with E-state index in [4.69, 9.17) is 14.7 Å². The number of ether oxygens (including phenoxy) is 1. The lowest BCUT2D eigenvalue weighted by molar-refractivity contribution is 0.437. The molecule has 3 heterocycles. The summed E-state index contributed by atoms with van der Waals surface area (Å²) in [5.74, 6) is 2.40. The third-order valence-corrected chi connectivity index (χ3v) is 10.7. The first-order chi connectivity index (χ1) is 25.3. The topological polar surface area (TPSA) is 39.9 Å². The van der Waals surface area contributed by atoms with Gasteiger partial charge in [-0.2, -0.15) is 0 Å². The van der Waals surface area contributed by atoms with E-state index in [1.807, 2.05) is 12.1 Å². The zero-order chi connectivity index (χ0) is 33.5. The van der Waals surface area contributed by atoms with Gasteiger partial charge in [0.1, 0.15) is 11.5 Å². The van der Waals surface area contributed by atoms with E-state index in [9.17, 15) is 0 Å². The van der Waals surface area contributed by atoms with Gasteiger partial charge >= 0.3 is 0 Å². The highest BCUT2D eigenvalue weighted by atomic mass is 16.5. The normalized spacial score (nSPS) is 13.4. The molecule has 1 spiro atoms. The largest absolute Gasteiger partial charge is 0.457 e. The Balaban J connectivity index is 1.30. The molecule has 0 unspecified atom stereocenters. The number of aromatic nitrogens is 3. The maximum absolute atomic E-state index is 6.65. The summed E-state index contributed by atoms with van der Waals surface area (Å²) in [5.41, 5.74) is 12.7. The van der Waals surface area contributed by atoms with Gasteiger partial charge in [0, 0.05) is 33.0 Å². The molecule has 2 aliphatic rings. The van der Waals surface area contributed by atoms with Crippen molar-refractivity contribution in [3.8, 4) is 51.1 Å². The van der Waals surface area contributed by atoms with Crippen molar-refractivity contribution in [2.75, 3.05) is 0 Å². The molecular formula is C47H29N3O. The van der Waals surface area contributed by atoms with Gasteiger partial charge in [0.15, 0.2) is 0 Å². The molecule has 0 saturated carbocycles. The van der Waals surface area contributed by atoms with Crippen LogP contribution in [0.5, 0.6) is 11.5 Å². The zero-order valence-corrected chi connectivity index (χ0v) is 27.5. The summed E-state index contributed by atoms with van der Waals surface area (Å²) in [6.07, 6.45) is 0. The first kappa shape index (κ1) is 28.1. The predicted molar refractivity (Wildman–Crippen MR) is 205 cm³/mol. The Morgan fingerprint density at radius 3 is 1.67 bits per heavy atom. The Morgan fingerprint density at radius 2 is 1.00 bits per heavy atom. The van der Waals surface area contributed by atoms with E-state index >= 15 is 0 Å². The molecule has 1 aliphatic carbocycles. The van der Waals surface area contributed by atoms with E-state index in [-0.39, 0.29) is 0 Å². The third-order valence-electron chi connectivity index (χ3n) is 10.7. The van der Waals surface area contributed by atoms with Gasteiger partial charge in [0.05, 0.1) is 27.8 Å². The standard InChI is InChI=1S/C47H29N3O/c1-3-15-30(16-4-1)38-29-39(31-17-5-2-6-18-31)49-46(48-38)50-40-24-12-8-20-34(40)44-41(50)28-27-33-32-19-7-9-21-35(32)47(45(33)44)36-22-10-13-25-42(36)51-43-26-14-11-23-37(43)47/h1-29H. The lowest BCUT2D eigenvalue weighted by Gasteiger charge is -2.39. The Bertz CT molecular complexity index is 2730. The lowest BCUT2D eigenvalue weighted by Crippen LogP contribution is -2.32. The van der Waals surface area contributed by atoms with Crippen LogP contribution < -0.4 is 4.74 Å². The van der Waals surface area contributed by atoms with Crippen molar-refractivity contribution in [1.82, 2.24) is 14.5 Å². The summed E-state index contributed by atoms with van der Waals surface area (Å²) >= 11 is 0. The van der Waals surface area contributed by atoms with E-state index < -0.39 is 5.41 Å². The molecule has 0 radical (unpaired) electrons. The minimum atomic E-state index is -0.603. The first-order valence-electron chi connectivity index (χ1n) is 17.3. The highest BCUT2D eigenvalue weighted by Crippen LogP contribution is 2.64. The van der Waals surface area contributed by atoms with Gasteiger partial charge in [-0.1, -0.05) is 146 Å². The second-order valence-corrected chi connectivity index (χ2v) is 13.3. The van der Waals surface area contributed by atoms with Crippen molar-refractivity contribution in [3.05, 3.63) is 198 Å². The van der Waals surface area contributed by atoms with Crippen LogP contribution in [-0.4, -0.2) is 14.5 Å². The minimum absolute atomic E-state index is 0.603.